The van der Waals surface area contributed by atoms with Crippen molar-refractivity contribution >= 4 is 37.7 Å². The summed E-state index contributed by atoms with van der Waals surface area (Å²) < 4.78 is 1.92. The van der Waals surface area contributed by atoms with Crippen molar-refractivity contribution in [3.63, 3.8) is 0 Å². The molecular formula is C14H11BrN2O2. The second-order valence-electron chi connectivity index (χ2n) is 4.32. The van der Waals surface area contributed by atoms with Gasteiger partial charge in [-0.15, -0.1) is 0 Å². The molecular weight excluding hydrogens is 308 g/mol. The monoisotopic (exact) mass is 318 g/mol. The Kier molecular flexibility index (Phi) is 2.78. The number of rotatable bonds is 1. The molecule has 96 valence electrons. The van der Waals surface area contributed by atoms with Crippen LogP contribution >= 0.6 is 15.9 Å². The zero-order valence-electron chi connectivity index (χ0n) is 10.5. The maximum absolute atomic E-state index is 12.2. The van der Waals surface area contributed by atoms with Crippen LogP contribution in [0, 0.1) is 6.92 Å². The van der Waals surface area contributed by atoms with Crippen LogP contribution in [0.3, 0.4) is 0 Å². The van der Waals surface area contributed by atoms with E-state index >= 15 is 0 Å². The van der Waals surface area contributed by atoms with Crippen molar-refractivity contribution in [1.82, 2.24) is 9.71 Å². The van der Waals surface area contributed by atoms with Crippen LogP contribution in [-0.2, 0) is 0 Å². The van der Waals surface area contributed by atoms with Gasteiger partial charge < -0.3 is 4.84 Å². The highest BCUT2D eigenvalue weighted by Gasteiger charge is 2.11. The van der Waals surface area contributed by atoms with Crippen molar-refractivity contribution in [2.45, 2.75) is 6.92 Å². The Hall–Kier alpha value is -1.88. The Morgan fingerprint density at radius 3 is 2.84 bits per heavy atom. The van der Waals surface area contributed by atoms with Crippen molar-refractivity contribution in [3.05, 3.63) is 50.9 Å². The summed E-state index contributed by atoms with van der Waals surface area (Å²) in [6.45, 7) is 2.01. The molecule has 1 aromatic carbocycles. The fourth-order valence-electron chi connectivity index (χ4n) is 2.17. The molecule has 0 amide bonds. The first-order valence-corrected chi connectivity index (χ1v) is 6.57. The third kappa shape index (κ3) is 1.81. The van der Waals surface area contributed by atoms with E-state index in [9.17, 15) is 4.79 Å². The number of aromatic nitrogens is 2. The highest BCUT2D eigenvalue weighted by atomic mass is 79.9. The van der Waals surface area contributed by atoms with E-state index < -0.39 is 0 Å². The van der Waals surface area contributed by atoms with Gasteiger partial charge in [-0.1, -0.05) is 18.2 Å². The molecule has 5 heteroatoms. The third-order valence-corrected chi connectivity index (χ3v) is 3.71. The average Bonchev–Trinajstić information content (AvgIpc) is 2.42. The van der Waals surface area contributed by atoms with E-state index in [2.05, 4.69) is 20.9 Å². The van der Waals surface area contributed by atoms with E-state index in [1.54, 1.807) is 6.20 Å². The number of hydrogen-bond donors (Lipinski definition) is 0. The predicted molar refractivity (Wildman–Crippen MR) is 78.5 cm³/mol. The minimum Gasteiger partial charge on any atom is -0.414 e. The standard InChI is InChI=1S/C14H11BrN2O2/c1-8-4-3-5-9-6-10-13(16-12(8)9)11(15)7-17(19-2)14(10)18/h3-7H,1-2H3. The molecule has 0 aliphatic carbocycles. The number of pyridine rings is 2. The van der Waals surface area contributed by atoms with Gasteiger partial charge in [0.25, 0.3) is 5.56 Å². The van der Waals surface area contributed by atoms with Crippen LogP contribution in [0.4, 0.5) is 0 Å². The molecule has 0 fully saturated rings. The normalized spacial score (nSPS) is 11.1. The first-order chi connectivity index (χ1) is 9.11. The van der Waals surface area contributed by atoms with Crippen molar-refractivity contribution in [2.24, 2.45) is 0 Å². The number of halogens is 1. The molecule has 2 aromatic heterocycles. The van der Waals surface area contributed by atoms with Crippen molar-refractivity contribution in [1.29, 1.82) is 0 Å². The molecule has 4 nitrogen and oxygen atoms in total. The Labute approximate surface area is 117 Å². The topological polar surface area (TPSA) is 44.1 Å². The van der Waals surface area contributed by atoms with E-state index in [-0.39, 0.29) is 5.56 Å². The van der Waals surface area contributed by atoms with Gasteiger partial charge >= 0.3 is 0 Å². The van der Waals surface area contributed by atoms with Crippen LogP contribution in [0.5, 0.6) is 0 Å². The molecule has 0 saturated carbocycles. The minimum atomic E-state index is -0.211. The molecule has 0 aliphatic rings. The van der Waals surface area contributed by atoms with E-state index in [0.29, 0.717) is 10.9 Å². The first-order valence-electron chi connectivity index (χ1n) is 5.77. The van der Waals surface area contributed by atoms with Crippen LogP contribution in [0.25, 0.3) is 21.8 Å². The molecule has 3 aromatic rings. The van der Waals surface area contributed by atoms with Gasteiger partial charge in [-0.05, 0) is 34.5 Å². The molecule has 0 spiro atoms. The molecule has 0 atom stereocenters. The molecule has 3 rings (SSSR count). The van der Waals surface area contributed by atoms with E-state index in [1.807, 2.05) is 31.2 Å². The lowest BCUT2D eigenvalue weighted by Gasteiger charge is -2.08. The molecule has 2 heterocycles. The largest absolute Gasteiger partial charge is 0.414 e. The van der Waals surface area contributed by atoms with Gasteiger partial charge in [-0.25, -0.2) is 4.98 Å². The fourth-order valence-corrected chi connectivity index (χ4v) is 2.66. The van der Waals surface area contributed by atoms with Crippen molar-refractivity contribution in [2.75, 3.05) is 7.11 Å². The summed E-state index contributed by atoms with van der Waals surface area (Å²) in [4.78, 5) is 21.8. The van der Waals surface area contributed by atoms with Crippen LogP contribution < -0.4 is 10.4 Å². The summed E-state index contributed by atoms with van der Waals surface area (Å²) in [6.07, 6.45) is 1.59. The Balaban J connectivity index is 2.55. The molecule has 0 bridgehead atoms. The van der Waals surface area contributed by atoms with Gasteiger partial charge in [0.15, 0.2) is 0 Å². The smallest absolute Gasteiger partial charge is 0.292 e. The van der Waals surface area contributed by atoms with E-state index in [4.69, 9.17) is 4.84 Å². The van der Waals surface area contributed by atoms with Crippen LogP contribution in [0.1, 0.15) is 5.56 Å². The third-order valence-electron chi connectivity index (χ3n) is 3.13. The van der Waals surface area contributed by atoms with Gasteiger partial charge in [0.2, 0.25) is 0 Å². The summed E-state index contributed by atoms with van der Waals surface area (Å²) in [6, 6.07) is 7.77. The minimum absolute atomic E-state index is 0.211. The zero-order valence-corrected chi connectivity index (χ0v) is 12.1. The summed E-state index contributed by atoms with van der Waals surface area (Å²) in [5, 5.41) is 1.49. The van der Waals surface area contributed by atoms with Gasteiger partial charge in [0.05, 0.1) is 27.1 Å². The summed E-state index contributed by atoms with van der Waals surface area (Å²) in [7, 11) is 1.46. The van der Waals surface area contributed by atoms with E-state index in [1.165, 1.54) is 11.8 Å². The lowest BCUT2D eigenvalue weighted by Crippen LogP contribution is -2.24. The van der Waals surface area contributed by atoms with Crippen LogP contribution in [0.2, 0.25) is 0 Å². The van der Waals surface area contributed by atoms with E-state index in [0.717, 1.165) is 20.9 Å². The molecule has 0 radical (unpaired) electrons. The lowest BCUT2D eigenvalue weighted by atomic mass is 10.1. The fraction of sp³-hybridized carbons (Fsp3) is 0.143. The second-order valence-corrected chi connectivity index (χ2v) is 5.18. The molecule has 0 N–H and O–H groups in total. The first kappa shape index (κ1) is 12.2. The number of hydrogen-bond acceptors (Lipinski definition) is 3. The van der Waals surface area contributed by atoms with Gasteiger partial charge in [0.1, 0.15) is 7.11 Å². The quantitative estimate of drug-likeness (QED) is 0.648. The second kappa shape index (κ2) is 4.35. The van der Waals surface area contributed by atoms with Gasteiger partial charge in [-0.2, -0.15) is 4.73 Å². The molecule has 0 aliphatic heterocycles. The maximum Gasteiger partial charge on any atom is 0.292 e. The number of aryl methyl sites for hydroxylation is 1. The molecule has 19 heavy (non-hydrogen) atoms. The number of fused-ring (bicyclic) bond motifs is 2. The predicted octanol–water partition coefficient (Wildman–Crippen LogP) is 2.68. The maximum atomic E-state index is 12.2. The molecule has 0 saturated heterocycles. The Morgan fingerprint density at radius 2 is 2.11 bits per heavy atom. The van der Waals surface area contributed by atoms with Crippen molar-refractivity contribution < 1.29 is 4.84 Å². The summed E-state index contributed by atoms with van der Waals surface area (Å²) >= 11 is 3.43. The summed E-state index contributed by atoms with van der Waals surface area (Å²) in [5.41, 5.74) is 2.43. The average molecular weight is 319 g/mol. The highest BCUT2D eigenvalue weighted by molar-refractivity contribution is 9.10. The molecule has 0 unspecified atom stereocenters. The SMILES string of the molecule is COn1cc(Br)c2nc3c(C)cccc3cc2c1=O. The number of nitrogens with zero attached hydrogens (tertiary/aromatic N) is 2. The number of para-hydroxylation sites is 1. The highest BCUT2D eigenvalue weighted by Crippen LogP contribution is 2.24. The van der Waals surface area contributed by atoms with Crippen LogP contribution in [0.15, 0.2) is 39.7 Å². The Bertz CT molecular complexity index is 855. The number of benzene rings is 1. The Morgan fingerprint density at radius 1 is 1.32 bits per heavy atom. The lowest BCUT2D eigenvalue weighted by molar-refractivity contribution is 0.158. The zero-order chi connectivity index (χ0) is 13.6. The van der Waals surface area contributed by atoms with Crippen molar-refractivity contribution in [3.8, 4) is 0 Å². The van der Waals surface area contributed by atoms with Gasteiger partial charge in [-0.3, -0.25) is 4.79 Å². The van der Waals surface area contributed by atoms with Gasteiger partial charge in [0, 0.05) is 5.39 Å². The summed E-state index contributed by atoms with van der Waals surface area (Å²) in [5.74, 6) is 0. The van der Waals surface area contributed by atoms with Crippen LogP contribution in [-0.4, -0.2) is 16.8 Å².